The Labute approximate surface area is 64.5 Å². The molecule has 1 heteroatoms. The highest BCUT2D eigenvalue weighted by Gasteiger charge is 1.88. The van der Waals surface area contributed by atoms with E-state index in [-0.39, 0.29) is 6.61 Å². The highest BCUT2D eigenvalue weighted by molar-refractivity contribution is 4.43. The molecule has 0 heterocycles. The van der Waals surface area contributed by atoms with Crippen molar-refractivity contribution in [2.24, 2.45) is 0 Å². The molecule has 0 aliphatic carbocycles. The van der Waals surface area contributed by atoms with Crippen LogP contribution in [0, 0.1) is 0 Å². The van der Waals surface area contributed by atoms with Gasteiger partial charge < -0.3 is 0 Å². The van der Waals surface area contributed by atoms with E-state index in [0.29, 0.717) is 0 Å². The first kappa shape index (κ1) is 9.96. The zero-order valence-electron chi connectivity index (χ0n) is 7.07. The van der Waals surface area contributed by atoms with Crippen LogP contribution in [-0.2, 0) is 5.11 Å². The highest BCUT2D eigenvalue weighted by Crippen LogP contribution is 2.05. The molecule has 10 heavy (non-hydrogen) atoms. The van der Waals surface area contributed by atoms with Crippen LogP contribution >= 0.6 is 0 Å². The van der Waals surface area contributed by atoms with Gasteiger partial charge in [-0.05, 0) is 6.42 Å². The maximum Gasteiger partial charge on any atom is 0.0822 e. The van der Waals surface area contributed by atoms with Gasteiger partial charge in [0.25, 0.3) is 0 Å². The fraction of sp³-hybridized carbons (Fsp3) is 1.00. The summed E-state index contributed by atoms with van der Waals surface area (Å²) in [7, 11) is 0. The van der Waals surface area contributed by atoms with Crippen LogP contribution in [-0.4, -0.2) is 6.61 Å². The molecule has 1 nitrogen and oxygen atoms in total. The Hall–Kier alpha value is -0.0400. The number of rotatable bonds is 7. The summed E-state index contributed by atoms with van der Waals surface area (Å²) in [5, 5.41) is 10.0. The van der Waals surface area contributed by atoms with Gasteiger partial charge in [0.05, 0.1) is 6.61 Å². The summed E-state index contributed by atoms with van der Waals surface area (Å²) in [5.41, 5.74) is 0. The number of hydrogen-bond donors (Lipinski definition) is 0. The van der Waals surface area contributed by atoms with Crippen molar-refractivity contribution in [2.45, 2.75) is 51.9 Å². The van der Waals surface area contributed by atoms with Crippen molar-refractivity contribution in [3.05, 3.63) is 0 Å². The van der Waals surface area contributed by atoms with Crippen LogP contribution in [0.3, 0.4) is 0 Å². The molecule has 0 aromatic carbocycles. The molecule has 0 amide bonds. The van der Waals surface area contributed by atoms with Crippen molar-refractivity contribution in [2.75, 3.05) is 6.61 Å². The van der Waals surface area contributed by atoms with E-state index in [1.54, 1.807) is 0 Å². The van der Waals surface area contributed by atoms with Gasteiger partial charge in [-0.3, -0.25) is 0 Å². The molecule has 0 fully saturated rings. The Morgan fingerprint density at radius 1 is 0.800 bits per heavy atom. The summed E-state index contributed by atoms with van der Waals surface area (Å²) < 4.78 is 0. The van der Waals surface area contributed by atoms with Crippen LogP contribution in [0.15, 0.2) is 0 Å². The molecule has 0 spiro atoms. The molecule has 0 rings (SSSR count). The molecule has 0 aromatic rings. The lowest BCUT2D eigenvalue weighted by Gasteiger charge is -1.97. The summed E-state index contributed by atoms with van der Waals surface area (Å²) in [4.78, 5) is 0. The van der Waals surface area contributed by atoms with Gasteiger partial charge in [-0.2, -0.15) is 0 Å². The van der Waals surface area contributed by atoms with E-state index in [1.807, 2.05) is 0 Å². The summed E-state index contributed by atoms with van der Waals surface area (Å²) in [6.45, 7) is 2.34. The van der Waals surface area contributed by atoms with Gasteiger partial charge in [0.1, 0.15) is 0 Å². The summed E-state index contributed by atoms with van der Waals surface area (Å²) in [5.74, 6) is 0. The maximum atomic E-state index is 10.0. The molecule has 61 valence electrons. The van der Waals surface area contributed by atoms with Gasteiger partial charge in [-0.15, -0.1) is 0 Å². The first-order valence-corrected chi connectivity index (χ1v) is 4.50. The lowest BCUT2D eigenvalue weighted by molar-refractivity contribution is 0.186. The average Bonchev–Trinajstić information content (AvgIpc) is 1.97. The quantitative estimate of drug-likeness (QED) is 0.488. The molecule has 0 saturated heterocycles. The molecular formula is C9H19O. The molecule has 0 bridgehead atoms. The van der Waals surface area contributed by atoms with Crippen LogP contribution in [0.25, 0.3) is 0 Å². The van der Waals surface area contributed by atoms with Gasteiger partial charge in [0.2, 0.25) is 0 Å². The van der Waals surface area contributed by atoms with Crippen LogP contribution in [0.2, 0.25) is 0 Å². The number of unbranched alkanes of at least 4 members (excludes halogenated alkanes) is 6. The Morgan fingerprint density at radius 3 is 1.80 bits per heavy atom. The Morgan fingerprint density at radius 2 is 1.30 bits per heavy atom. The normalized spacial score (nSPS) is 10.2. The summed E-state index contributed by atoms with van der Waals surface area (Å²) in [6, 6.07) is 0. The van der Waals surface area contributed by atoms with Crippen molar-refractivity contribution in [1.82, 2.24) is 0 Å². The van der Waals surface area contributed by atoms with E-state index >= 15 is 0 Å². The third kappa shape index (κ3) is 7.96. The first-order valence-electron chi connectivity index (χ1n) is 4.50. The van der Waals surface area contributed by atoms with Crippen molar-refractivity contribution in [3.8, 4) is 0 Å². The summed E-state index contributed by atoms with van der Waals surface area (Å²) in [6.07, 6.45) is 8.64. The minimum atomic E-state index is 0.119. The lowest BCUT2D eigenvalue weighted by Crippen LogP contribution is -1.82. The zero-order chi connectivity index (χ0) is 7.66. The predicted octanol–water partition coefficient (Wildman–Crippen LogP) is 3.17. The average molecular weight is 143 g/mol. The fourth-order valence-corrected chi connectivity index (χ4v) is 1.06. The third-order valence-electron chi connectivity index (χ3n) is 1.75. The number of hydrogen-bond acceptors (Lipinski definition) is 0. The lowest BCUT2D eigenvalue weighted by atomic mass is 10.1. The minimum Gasteiger partial charge on any atom is -0.237 e. The van der Waals surface area contributed by atoms with E-state index < -0.39 is 0 Å². The predicted molar refractivity (Wildman–Crippen MR) is 43.5 cm³/mol. The van der Waals surface area contributed by atoms with Crippen molar-refractivity contribution in [1.29, 1.82) is 0 Å². The second kappa shape index (κ2) is 8.96. The second-order valence-electron chi connectivity index (χ2n) is 2.83. The SMILES string of the molecule is CCCCCCCCC[O]. The zero-order valence-corrected chi connectivity index (χ0v) is 7.07. The van der Waals surface area contributed by atoms with E-state index in [1.165, 1.54) is 32.1 Å². The van der Waals surface area contributed by atoms with Gasteiger partial charge in [0, 0.05) is 0 Å². The Kier molecular flexibility index (Phi) is 8.92. The Balaban J connectivity index is 2.65. The van der Waals surface area contributed by atoms with E-state index in [4.69, 9.17) is 0 Å². The standard InChI is InChI=1S/C9H19O/c1-2-3-4-5-6-7-8-9-10/h2-9H2,1H3. The molecule has 0 aromatic heterocycles. The van der Waals surface area contributed by atoms with E-state index in [9.17, 15) is 5.11 Å². The molecule has 0 unspecified atom stereocenters. The van der Waals surface area contributed by atoms with Crippen LogP contribution in [0.4, 0.5) is 0 Å². The van der Waals surface area contributed by atoms with Crippen LogP contribution < -0.4 is 0 Å². The van der Waals surface area contributed by atoms with Crippen molar-refractivity contribution >= 4 is 0 Å². The monoisotopic (exact) mass is 143 g/mol. The third-order valence-corrected chi connectivity index (χ3v) is 1.75. The molecular weight excluding hydrogens is 124 g/mol. The van der Waals surface area contributed by atoms with E-state index in [0.717, 1.165) is 12.8 Å². The van der Waals surface area contributed by atoms with Gasteiger partial charge in [0.15, 0.2) is 0 Å². The highest BCUT2D eigenvalue weighted by atomic mass is 16.2. The second-order valence-corrected chi connectivity index (χ2v) is 2.83. The topological polar surface area (TPSA) is 19.9 Å². The van der Waals surface area contributed by atoms with Crippen LogP contribution in [0.5, 0.6) is 0 Å². The van der Waals surface area contributed by atoms with Gasteiger partial charge in [-0.1, -0.05) is 45.4 Å². The van der Waals surface area contributed by atoms with Gasteiger partial charge >= 0.3 is 0 Å². The van der Waals surface area contributed by atoms with Crippen molar-refractivity contribution < 1.29 is 5.11 Å². The first-order chi connectivity index (χ1) is 4.91. The molecule has 0 saturated carbocycles. The molecule has 0 aliphatic rings. The molecule has 0 aliphatic heterocycles. The largest absolute Gasteiger partial charge is 0.237 e. The summed E-state index contributed by atoms with van der Waals surface area (Å²) >= 11 is 0. The minimum absolute atomic E-state index is 0.119. The fourth-order valence-electron chi connectivity index (χ4n) is 1.06. The van der Waals surface area contributed by atoms with Crippen LogP contribution in [0.1, 0.15) is 51.9 Å². The van der Waals surface area contributed by atoms with E-state index in [2.05, 4.69) is 6.92 Å². The smallest absolute Gasteiger partial charge is 0.0822 e. The molecule has 1 radical (unpaired) electrons. The Bertz CT molecular complexity index is 44.7. The van der Waals surface area contributed by atoms with Crippen molar-refractivity contribution in [3.63, 3.8) is 0 Å². The van der Waals surface area contributed by atoms with Gasteiger partial charge in [-0.25, -0.2) is 5.11 Å². The maximum absolute atomic E-state index is 10.0. The molecule has 0 atom stereocenters. The molecule has 0 N–H and O–H groups in total.